The number of rotatable bonds is 7. The van der Waals surface area contributed by atoms with Crippen molar-refractivity contribution in [1.29, 1.82) is 0 Å². The molecule has 0 radical (unpaired) electrons. The van der Waals surface area contributed by atoms with Gasteiger partial charge >= 0.3 is 5.63 Å². The fourth-order valence-corrected chi connectivity index (χ4v) is 4.28. The van der Waals surface area contributed by atoms with Gasteiger partial charge in [-0.2, -0.15) is 0 Å². The highest BCUT2D eigenvalue weighted by atomic mass is 16.4. The van der Waals surface area contributed by atoms with E-state index in [1.54, 1.807) is 6.07 Å². The van der Waals surface area contributed by atoms with Gasteiger partial charge in [-0.1, -0.05) is 61.5 Å². The van der Waals surface area contributed by atoms with Gasteiger partial charge in [-0.25, -0.2) is 4.79 Å². The molecule has 0 spiro atoms. The van der Waals surface area contributed by atoms with E-state index in [1.807, 2.05) is 24.3 Å². The Morgan fingerprint density at radius 2 is 1.77 bits per heavy atom. The summed E-state index contributed by atoms with van der Waals surface area (Å²) < 4.78 is 5.49. The standard InChI is InChI=1S/C26H28N2O2/c1-4-18-9-11-20(12-10-18)23(28(2)3)17-27-16-21-15-25(29)30-24-14-13-19-7-5-6-8-22(19)26(21)24/h5-15,23,27H,4,16-17H2,1-3H3/p+2/t23-/m0/s1. The van der Waals surface area contributed by atoms with Crippen LogP contribution in [0.5, 0.6) is 0 Å². The Bertz CT molecular complexity index is 1210. The molecule has 0 aliphatic rings. The van der Waals surface area contributed by atoms with E-state index in [9.17, 15) is 4.79 Å². The number of hydrogen-bond acceptors (Lipinski definition) is 2. The van der Waals surface area contributed by atoms with E-state index in [1.165, 1.54) is 16.0 Å². The molecular formula is C26H30N2O2+2. The molecule has 4 rings (SSSR count). The lowest BCUT2D eigenvalue weighted by Gasteiger charge is -2.21. The Morgan fingerprint density at radius 3 is 2.50 bits per heavy atom. The highest BCUT2D eigenvalue weighted by molar-refractivity contribution is 6.06. The van der Waals surface area contributed by atoms with Crippen LogP contribution in [0.25, 0.3) is 21.7 Å². The first-order valence-corrected chi connectivity index (χ1v) is 10.7. The molecule has 0 amide bonds. The maximum atomic E-state index is 12.1. The summed E-state index contributed by atoms with van der Waals surface area (Å²) in [6.45, 7) is 3.87. The number of fused-ring (bicyclic) bond motifs is 3. The van der Waals surface area contributed by atoms with Crippen molar-refractivity contribution in [2.45, 2.75) is 25.9 Å². The molecule has 1 atom stereocenters. The molecule has 30 heavy (non-hydrogen) atoms. The van der Waals surface area contributed by atoms with Crippen LogP contribution in [0.2, 0.25) is 0 Å². The summed E-state index contributed by atoms with van der Waals surface area (Å²) in [4.78, 5) is 13.5. The van der Waals surface area contributed by atoms with Gasteiger partial charge in [0.2, 0.25) is 0 Å². The van der Waals surface area contributed by atoms with Gasteiger partial charge in [0.05, 0.1) is 14.1 Å². The number of benzene rings is 3. The SMILES string of the molecule is CCc1ccc([C@H](C[NH2+]Cc2cc(=O)oc3ccc4ccccc4c23)[NH+](C)C)cc1. The summed E-state index contributed by atoms with van der Waals surface area (Å²) >= 11 is 0. The van der Waals surface area contributed by atoms with Crippen molar-refractivity contribution in [2.75, 3.05) is 20.6 Å². The van der Waals surface area contributed by atoms with Crippen molar-refractivity contribution in [3.8, 4) is 0 Å². The van der Waals surface area contributed by atoms with Crippen molar-refractivity contribution < 1.29 is 14.6 Å². The number of aryl methyl sites for hydroxylation is 1. The van der Waals surface area contributed by atoms with Crippen LogP contribution in [-0.2, 0) is 13.0 Å². The Kier molecular flexibility index (Phi) is 5.98. The van der Waals surface area contributed by atoms with Crippen LogP contribution in [0.15, 0.2) is 75.9 Å². The summed E-state index contributed by atoms with van der Waals surface area (Å²) in [5.74, 6) is 0. The Balaban J connectivity index is 1.60. The second-order valence-electron chi connectivity index (χ2n) is 8.20. The second kappa shape index (κ2) is 8.82. The van der Waals surface area contributed by atoms with Gasteiger partial charge < -0.3 is 14.6 Å². The van der Waals surface area contributed by atoms with E-state index in [0.717, 1.165) is 41.2 Å². The number of quaternary nitrogens is 2. The first-order chi connectivity index (χ1) is 14.6. The summed E-state index contributed by atoms with van der Waals surface area (Å²) in [7, 11) is 4.40. The maximum Gasteiger partial charge on any atom is 0.336 e. The number of nitrogens with two attached hydrogens (primary N) is 1. The zero-order valence-corrected chi connectivity index (χ0v) is 17.9. The quantitative estimate of drug-likeness (QED) is 0.369. The topological polar surface area (TPSA) is 51.3 Å². The summed E-state index contributed by atoms with van der Waals surface area (Å²) in [5, 5.41) is 5.64. The molecule has 1 heterocycles. The summed E-state index contributed by atoms with van der Waals surface area (Å²) in [5.41, 5.74) is 4.13. The van der Waals surface area contributed by atoms with Crippen LogP contribution in [0, 0.1) is 0 Å². The predicted octanol–water partition coefficient (Wildman–Crippen LogP) is 2.46. The Hall–Kier alpha value is -2.95. The van der Waals surface area contributed by atoms with Crippen molar-refractivity contribution in [3.63, 3.8) is 0 Å². The van der Waals surface area contributed by atoms with Crippen molar-refractivity contribution >= 4 is 21.7 Å². The molecule has 0 saturated heterocycles. The molecule has 4 nitrogen and oxygen atoms in total. The van der Waals surface area contributed by atoms with Crippen molar-refractivity contribution in [3.05, 3.63) is 93.8 Å². The number of nitrogens with one attached hydrogen (secondary N) is 1. The molecule has 0 bridgehead atoms. The molecule has 0 aliphatic heterocycles. The van der Waals surface area contributed by atoms with Crippen molar-refractivity contribution in [2.24, 2.45) is 0 Å². The zero-order chi connectivity index (χ0) is 21.1. The molecule has 154 valence electrons. The minimum absolute atomic E-state index is 0.286. The van der Waals surface area contributed by atoms with Crippen LogP contribution < -0.4 is 15.8 Å². The normalized spacial score (nSPS) is 12.7. The lowest BCUT2D eigenvalue weighted by atomic mass is 10.0. The van der Waals surface area contributed by atoms with Crippen LogP contribution >= 0.6 is 0 Å². The van der Waals surface area contributed by atoms with E-state index in [-0.39, 0.29) is 5.63 Å². The zero-order valence-electron chi connectivity index (χ0n) is 17.9. The van der Waals surface area contributed by atoms with Gasteiger partial charge in [0.15, 0.2) is 6.04 Å². The highest BCUT2D eigenvalue weighted by Crippen LogP contribution is 2.26. The number of hydrogen-bond donors (Lipinski definition) is 2. The Morgan fingerprint density at radius 1 is 1.00 bits per heavy atom. The van der Waals surface area contributed by atoms with Crippen LogP contribution in [0.1, 0.15) is 29.7 Å². The maximum absolute atomic E-state index is 12.1. The van der Waals surface area contributed by atoms with E-state index in [2.05, 4.69) is 62.7 Å². The molecule has 1 aromatic heterocycles. The molecule has 4 heteroatoms. The third kappa shape index (κ3) is 4.16. The third-order valence-corrected chi connectivity index (χ3v) is 5.97. The van der Waals surface area contributed by atoms with Gasteiger partial charge in [-0.05, 0) is 28.8 Å². The summed E-state index contributed by atoms with van der Waals surface area (Å²) in [6, 6.07) is 23.2. The third-order valence-electron chi connectivity index (χ3n) is 5.97. The molecule has 0 unspecified atom stereocenters. The lowest BCUT2D eigenvalue weighted by molar-refractivity contribution is -0.910. The minimum Gasteiger partial charge on any atom is -0.423 e. The minimum atomic E-state index is -0.286. The molecular weight excluding hydrogens is 372 g/mol. The second-order valence-corrected chi connectivity index (χ2v) is 8.20. The van der Waals surface area contributed by atoms with Gasteiger partial charge in [0, 0.05) is 22.6 Å². The van der Waals surface area contributed by atoms with Crippen LogP contribution in [0.4, 0.5) is 0 Å². The molecule has 0 aliphatic carbocycles. The fraction of sp³-hybridized carbons (Fsp3) is 0.269. The van der Waals surface area contributed by atoms with Crippen LogP contribution in [-0.4, -0.2) is 20.6 Å². The van der Waals surface area contributed by atoms with E-state index < -0.39 is 0 Å². The average Bonchev–Trinajstić information content (AvgIpc) is 2.76. The van der Waals surface area contributed by atoms with Gasteiger partial charge in [0.1, 0.15) is 18.7 Å². The molecule has 3 aromatic carbocycles. The predicted molar refractivity (Wildman–Crippen MR) is 122 cm³/mol. The molecule has 0 fully saturated rings. The average molecular weight is 403 g/mol. The van der Waals surface area contributed by atoms with Crippen LogP contribution in [0.3, 0.4) is 0 Å². The molecule has 3 N–H and O–H groups in total. The highest BCUT2D eigenvalue weighted by Gasteiger charge is 2.20. The van der Waals surface area contributed by atoms with E-state index in [4.69, 9.17) is 4.42 Å². The first-order valence-electron chi connectivity index (χ1n) is 10.7. The largest absolute Gasteiger partial charge is 0.423 e. The lowest BCUT2D eigenvalue weighted by Crippen LogP contribution is -3.09. The van der Waals surface area contributed by atoms with Gasteiger partial charge in [0.25, 0.3) is 0 Å². The van der Waals surface area contributed by atoms with Gasteiger partial charge in [-0.15, -0.1) is 0 Å². The van der Waals surface area contributed by atoms with E-state index in [0.29, 0.717) is 11.6 Å². The van der Waals surface area contributed by atoms with Crippen molar-refractivity contribution in [1.82, 2.24) is 0 Å². The first kappa shape index (κ1) is 20.3. The van der Waals surface area contributed by atoms with E-state index >= 15 is 0 Å². The fourth-order valence-electron chi connectivity index (χ4n) is 4.28. The smallest absolute Gasteiger partial charge is 0.336 e. The summed E-state index contributed by atoms with van der Waals surface area (Å²) in [6.07, 6.45) is 1.06. The monoisotopic (exact) mass is 402 g/mol. The molecule has 4 aromatic rings. The molecule has 0 saturated carbocycles. The van der Waals surface area contributed by atoms with Gasteiger partial charge in [-0.3, -0.25) is 0 Å². The Labute approximate surface area is 177 Å². The number of likely N-dealkylation sites (N-methyl/N-ethyl adjacent to an activating group) is 1.